The largest absolute Gasteiger partial charge is 0.326 e. The highest BCUT2D eigenvalue weighted by Crippen LogP contribution is 2.13. The zero-order valence-corrected chi connectivity index (χ0v) is 8.16. The lowest BCUT2D eigenvalue weighted by molar-refractivity contribution is -0.111. The number of anilines is 1. The fraction of sp³-hybridized carbons (Fsp3) is 0.182. The molecule has 0 aromatic heterocycles. The summed E-state index contributed by atoms with van der Waals surface area (Å²) in [6.07, 6.45) is 3.17. The second-order valence-electron chi connectivity index (χ2n) is 2.85. The van der Waals surface area contributed by atoms with E-state index >= 15 is 0 Å². The number of carbonyl (C=O) groups excluding carboxylic acids is 1. The molecule has 0 aliphatic rings. The Morgan fingerprint density at radius 2 is 2.21 bits per heavy atom. The molecule has 3 heteroatoms. The van der Waals surface area contributed by atoms with Crippen molar-refractivity contribution in [3.8, 4) is 0 Å². The van der Waals surface area contributed by atoms with Gasteiger partial charge in [0.25, 0.3) is 0 Å². The average molecular weight is 190 g/mol. The normalized spacial score (nSPS) is 10.4. The topological polar surface area (TPSA) is 55.1 Å². The molecule has 0 aliphatic carbocycles. The number of amides is 1. The maximum Gasteiger partial charge on any atom is 0.248 e. The number of nitrogens with one attached hydrogen (secondary N) is 1. The van der Waals surface area contributed by atoms with Crippen molar-refractivity contribution in [1.82, 2.24) is 0 Å². The van der Waals surface area contributed by atoms with Crippen molar-refractivity contribution in [2.24, 2.45) is 5.73 Å². The molecule has 14 heavy (non-hydrogen) atoms. The van der Waals surface area contributed by atoms with Crippen LogP contribution in [0, 0.1) is 0 Å². The van der Waals surface area contributed by atoms with Crippen LogP contribution in [0.3, 0.4) is 0 Å². The lowest BCUT2D eigenvalue weighted by Gasteiger charge is -2.07. The van der Waals surface area contributed by atoms with E-state index in [0.29, 0.717) is 6.54 Å². The van der Waals surface area contributed by atoms with Gasteiger partial charge in [-0.05, 0) is 24.6 Å². The Bertz CT molecular complexity index is 345. The van der Waals surface area contributed by atoms with Crippen molar-refractivity contribution in [2.75, 3.05) is 5.32 Å². The highest BCUT2D eigenvalue weighted by atomic mass is 16.1. The quantitative estimate of drug-likeness (QED) is 0.712. The number of hydrogen-bond acceptors (Lipinski definition) is 2. The van der Waals surface area contributed by atoms with Crippen molar-refractivity contribution in [3.63, 3.8) is 0 Å². The fourth-order valence-corrected chi connectivity index (χ4v) is 1.15. The van der Waals surface area contributed by atoms with Gasteiger partial charge in [-0.1, -0.05) is 24.3 Å². The molecule has 0 radical (unpaired) electrons. The maximum atomic E-state index is 11.2. The first-order valence-corrected chi connectivity index (χ1v) is 4.49. The van der Waals surface area contributed by atoms with Crippen molar-refractivity contribution >= 4 is 11.6 Å². The summed E-state index contributed by atoms with van der Waals surface area (Å²) in [5.41, 5.74) is 7.24. The molecule has 0 aliphatic heterocycles. The van der Waals surface area contributed by atoms with E-state index in [4.69, 9.17) is 5.73 Å². The van der Waals surface area contributed by atoms with Gasteiger partial charge in [0.05, 0.1) is 0 Å². The van der Waals surface area contributed by atoms with E-state index in [0.717, 1.165) is 11.3 Å². The van der Waals surface area contributed by atoms with E-state index in [9.17, 15) is 4.79 Å². The van der Waals surface area contributed by atoms with Crippen LogP contribution in [0.25, 0.3) is 0 Å². The lowest BCUT2D eigenvalue weighted by Crippen LogP contribution is -2.11. The highest BCUT2D eigenvalue weighted by Gasteiger charge is 2.01. The molecule has 1 rings (SSSR count). The number of allylic oxidation sites excluding steroid dienone is 1. The first-order chi connectivity index (χ1) is 6.77. The summed E-state index contributed by atoms with van der Waals surface area (Å²) in [4.78, 5) is 11.2. The van der Waals surface area contributed by atoms with Crippen LogP contribution in [-0.2, 0) is 11.3 Å². The minimum Gasteiger partial charge on any atom is -0.326 e. The summed E-state index contributed by atoms with van der Waals surface area (Å²) < 4.78 is 0. The molecule has 0 spiro atoms. The fourth-order valence-electron chi connectivity index (χ4n) is 1.15. The molecule has 3 nitrogen and oxygen atoms in total. The predicted molar refractivity (Wildman–Crippen MR) is 57.8 cm³/mol. The van der Waals surface area contributed by atoms with Crippen LogP contribution in [-0.4, -0.2) is 5.91 Å². The number of hydrogen-bond donors (Lipinski definition) is 2. The van der Waals surface area contributed by atoms with E-state index in [2.05, 4.69) is 5.32 Å². The molecular formula is C11H14N2O. The van der Waals surface area contributed by atoms with Gasteiger partial charge in [0, 0.05) is 12.2 Å². The molecule has 1 amide bonds. The summed E-state index contributed by atoms with van der Waals surface area (Å²) in [5.74, 6) is -0.131. The number of rotatable bonds is 3. The molecule has 74 valence electrons. The van der Waals surface area contributed by atoms with Crippen LogP contribution >= 0.6 is 0 Å². The molecule has 0 unspecified atom stereocenters. The standard InChI is InChI=1S/C11H14N2O/c1-2-5-11(14)13-10-7-4-3-6-9(10)8-12/h2-7H,8,12H2,1H3,(H,13,14)/b5-2+. The molecule has 0 atom stereocenters. The molecule has 3 N–H and O–H groups in total. The zero-order valence-electron chi connectivity index (χ0n) is 8.16. The number of benzene rings is 1. The Kier molecular flexibility index (Phi) is 3.88. The third-order valence-corrected chi connectivity index (χ3v) is 1.81. The Labute approximate surface area is 83.6 Å². The predicted octanol–water partition coefficient (Wildman–Crippen LogP) is 1.66. The van der Waals surface area contributed by atoms with Crippen LogP contribution < -0.4 is 11.1 Å². The van der Waals surface area contributed by atoms with Gasteiger partial charge in [-0.25, -0.2) is 0 Å². The van der Waals surface area contributed by atoms with E-state index in [-0.39, 0.29) is 5.91 Å². The summed E-state index contributed by atoms with van der Waals surface area (Å²) in [6, 6.07) is 7.49. The van der Waals surface area contributed by atoms with Gasteiger partial charge < -0.3 is 11.1 Å². The minimum atomic E-state index is -0.131. The van der Waals surface area contributed by atoms with Gasteiger partial charge in [-0.2, -0.15) is 0 Å². The summed E-state index contributed by atoms with van der Waals surface area (Å²) >= 11 is 0. The third-order valence-electron chi connectivity index (χ3n) is 1.81. The average Bonchev–Trinajstić information content (AvgIpc) is 2.19. The summed E-state index contributed by atoms with van der Waals surface area (Å²) in [6.45, 7) is 2.22. The van der Waals surface area contributed by atoms with Gasteiger partial charge >= 0.3 is 0 Å². The van der Waals surface area contributed by atoms with Crippen LogP contribution in [0.4, 0.5) is 5.69 Å². The van der Waals surface area contributed by atoms with Crippen molar-refractivity contribution < 1.29 is 4.79 Å². The van der Waals surface area contributed by atoms with Crippen LogP contribution in [0.1, 0.15) is 12.5 Å². The molecule has 1 aromatic carbocycles. The first-order valence-electron chi connectivity index (χ1n) is 4.49. The number of nitrogens with two attached hydrogens (primary N) is 1. The zero-order chi connectivity index (χ0) is 10.4. The Morgan fingerprint density at radius 3 is 2.86 bits per heavy atom. The lowest BCUT2D eigenvalue weighted by atomic mass is 10.2. The molecule has 0 fully saturated rings. The SMILES string of the molecule is C/C=C/C(=O)Nc1ccccc1CN. The molecule has 1 aromatic rings. The number of para-hydroxylation sites is 1. The van der Waals surface area contributed by atoms with Gasteiger partial charge in [0.1, 0.15) is 0 Å². The van der Waals surface area contributed by atoms with E-state index in [1.54, 1.807) is 13.0 Å². The molecule has 0 heterocycles. The number of carbonyl (C=O) groups is 1. The monoisotopic (exact) mass is 190 g/mol. The summed E-state index contributed by atoms with van der Waals surface area (Å²) in [7, 11) is 0. The molecule has 0 bridgehead atoms. The highest BCUT2D eigenvalue weighted by molar-refractivity contribution is 5.99. The van der Waals surface area contributed by atoms with Crippen molar-refractivity contribution in [1.29, 1.82) is 0 Å². The van der Waals surface area contributed by atoms with E-state index < -0.39 is 0 Å². The van der Waals surface area contributed by atoms with Gasteiger partial charge in [0.15, 0.2) is 0 Å². The second kappa shape index (κ2) is 5.19. The minimum absolute atomic E-state index is 0.131. The van der Waals surface area contributed by atoms with Crippen LogP contribution in [0.15, 0.2) is 36.4 Å². The van der Waals surface area contributed by atoms with Gasteiger partial charge in [-0.3, -0.25) is 4.79 Å². The second-order valence-corrected chi connectivity index (χ2v) is 2.85. The van der Waals surface area contributed by atoms with Crippen LogP contribution in [0.2, 0.25) is 0 Å². The Morgan fingerprint density at radius 1 is 1.50 bits per heavy atom. The van der Waals surface area contributed by atoms with Crippen LogP contribution in [0.5, 0.6) is 0 Å². The van der Waals surface area contributed by atoms with Gasteiger partial charge in [-0.15, -0.1) is 0 Å². The van der Waals surface area contributed by atoms with E-state index in [1.807, 2.05) is 24.3 Å². The van der Waals surface area contributed by atoms with Crippen molar-refractivity contribution in [3.05, 3.63) is 42.0 Å². The maximum absolute atomic E-state index is 11.2. The van der Waals surface area contributed by atoms with Gasteiger partial charge in [0.2, 0.25) is 5.91 Å². The molecule has 0 saturated heterocycles. The van der Waals surface area contributed by atoms with Crippen molar-refractivity contribution in [2.45, 2.75) is 13.5 Å². The molecule has 0 saturated carbocycles. The molecular weight excluding hydrogens is 176 g/mol. The first kappa shape index (κ1) is 10.5. The Hall–Kier alpha value is -1.61. The van der Waals surface area contributed by atoms with E-state index in [1.165, 1.54) is 6.08 Å². The summed E-state index contributed by atoms with van der Waals surface area (Å²) in [5, 5.41) is 2.76. The third kappa shape index (κ3) is 2.71. The smallest absolute Gasteiger partial charge is 0.248 e. The Balaban J connectivity index is 2.80.